The molecular weight excluding hydrogens is 1120 g/mol. The summed E-state index contributed by atoms with van der Waals surface area (Å²) in [5.41, 5.74) is 12.5. The molecule has 5 aliphatic rings. The molecular formula is C41H58Br2N6O20S2. The van der Waals surface area contributed by atoms with Crippen LogP contribution in [0.25, 0.3) is 0 Å². The van der Waals surface area contributed by atoms with Crippen LogP contribution in [0.1, 0.15) is 69.2 Å². The van der Waals surface area contributed by atoms with Crippen LogP contribution in [0.2, 0.25) is 0 Å². The van der Waals surface area contributed by atoms with Crippen LogP contribution in [0.5, 0.6) is 0 Å². The van der Waals surface area contributed by atoms with E-state index in [-0.39, 0.29) is 22.2 Å². The maximum Gasteiger partial charge on any atom is 0.368 e. The van der Waals surface area contributed by atoms with Gasteiger partial charge in [0.1, 0.15) is 24.4 Å². The minimum atomic E-state index is -1.26. The summed E-state index contributed by atoms with van der Waals surface area (Å²) >= 11 is 8.44. The van der Waals surface area contributed by atoms with Crippen LogP contribution in [0.15, 0.2) is 23.8 Å². The minimum absolute atomic E-state index is 0.0423. The molecule has 0 amide bonds. The van der Waals surface area contributed by atoms with Crippen molar-refractivity contribution in [2.75, 3.05) is 22.2 Å². The van der Waals surface area contributed by atoms with E-state index in [0.717, 1.165) is 51.2 Å². The lowest BCUT2D eigenvalue weighted by atomic mass is 9.97. The number of carbonyl (C=O) groups excluding carboxylic acids is 8. The fourth-order valence-electron chi connectivity index (χ4n) is 7.94. The second kappa shape index (κ2) is 25.7. The Kier molecular flexibility index (Phi) is 20.9. The number of rotatable bonds is 18. The molecule has 0 aromatic carbocycles. The molecule has 0 saturated carbocycles. The number of halogens is 2. The molecule has 0 radical (unpaired) electrons. The Labute approximate surface area is 433 Å². The van der Waals surface area contributed by atoms with Crippen molar-refractivity contribution >= 4 is 102 Å². The summed E-state index contributed by atoms with van der Waals surface area (Å²) in [4.78, 5) is 99.2. The lowest BCUT2D eigenvalue weighted by molar-refractivity contribution is -0.269. The van der Waals surface area contributed by atoms with E-state index in [1.54, 1.807) is 40.1 Å². The topological polar surface area (TPSA) is 302 Å². The summed E-state index contributed by atoms with van der Waals surface area (Å²) in [6, 6.07) is 0. The van der Waals surface area contributed by atoms with Gasteiger partial charge in [0.2, 0.25) is 0 Å². The molecule has 71 heavy (non-hydrogen) atoms. The third-order valence-corrected chi connectivity index (χ3v) is 13.4. The fraction of sp³-hybridized carbons (Fsp3) is 0.707. The first kappa shape index (κ1) is 57.8. The summed E-state index contributed by atoms with van der Waals surface area (Å²) in [7, 11) is 0. The lowest BCUT2D eigenvalue weighted by Crippen LogP contribution is -2.65. The first-order valence-corrected chi connectivity index (χ1v) is 26.1. The molecule has 0 spiro atoms. The molecule has 5 rings (SSSR count). The van der Waals surface area contributed by atoms with E-state index in [1.165, 1.54) is 23.9 Å². The lowest BCUT2D eigenvalue weighted by Gasteiger charge is -2.45. The number of hydrogen-bond donors (Lipinski definition) is 4. The Balaban J connectivity index is 1.19. The van der Waals surface area contributed by atoms with E-state index in [0.29, 0.717) is 11.4 Å². The van der Waals surface area contributed by atoms with Crippen molar-refractivity contribution in [2.45, 2.75) is 161 Å². The second-order valence-corrected chi connectivity index (χ2v) is 19.9. The molecule has 4 N–H and O–H groups in total. The van der Waals surface area contributed by atoms with Crippen LogP contribution in [0.3, 0.4) is 0 Å². The smallest absolute Gasteiger partial charge is 0.368 e. The highest BCUT2D eigenvalue weighted by Gasteiger charge is 2.55. The Morgan fingerprint density at radius 2 is 0.873 bits per heavy atom. The first-order chi connectivity index (χ1) is 33.4. The summed E-state index contributed by atoms with van der Waals surface area (Å²) in [5, 5.41) is 1.67. The fourth-order valence-corrected chi connectivity index (χ4v) is 10.2. The van der Waals surface area contributed by atoms with Crippen molar-refractivity contribution in [3.63, 3.8) is 0 Å². The minimum Gasteiger partial charge on any atom is -0.456 e. The van der Waals surface area contributed by atoms with E-state index < -0.39 is 138 Å². The second-order valence-electron chi connectivity index (χ2n) is 16.8. The molecule has 0 aromatic rings. The summed E-state index contributed by atoms with van der Waals surface area (Å²) < 4.78 is 69.2. The quantitative estimate of drug-likeness (QED) is 0.0869. The van der Waals surface area contributed by atoms with Gasteiger partial charge in [-0.2, -0.15) is 0 Å². The molecule has 3 fully saturated rings. The maximum atomic E-state index is 13.4. The number of hydrazine groups is 4. The number of ether oxygens (including phenoxy) is 12. The van der Waals surface area contributed by atoms with E-state index in [9.17, 15) is 38.4 Å². The molecule has 5 heterocycles. The van der Waals surface area contributed by atoms with Crippen molar-refractivity contribution < 1.29 is 95.2 Å². The largest absolute Gasteiger partial charge is 0.456 e. The predicted molar refractivity (Wildman–Crippen MR) is 251 cm³/mol. The molecule has 0 aliphatic carbocycles. The van der Waals surface area contributed by atoms with Gasteiger partial charge in [-0.05, 0) is 51.2 Å². The van der Waals surface area contributed by atoms with Crippen LogP contribution in [0.4, 0.5) is 9.59 Å². The van der Waals surface area contributed by atoms with E-state index in [1.807, 2.05) is 0 Å². The van der Waals surface area contributed by atoms with E-state index >= 15 is 0 Å². The van der Waals surface area contributed by atoms with Crippen LogP contribution < -0.4 is 21.9 Å². The van der Waals surface area contributed by atoms with Gasteiger partial charge in [0.05, 0.1) is 23.6 Å². The monoisotopic (exact) mass is 1180 g/mol. The predicted octanol–water partition coefficient (Wildman–Crippen LogP) is 2.19. The summed E-state index contributed by atoms with van der Waals surface area (Å²) in [5.74, 6) is -5.27. The van der Waals surface area contributed by atoms with E-state index in [4.69, 9.17) is 56.8 Å². The molecule has 14 atom stereocenters. The van der Waals surface area contributed by atoms with Gasteiger partial charge in [0.15, 0.2) is 54.9 Å². The van der Waals surface area contributed by atoms with Gasteiger partial charge in [0, 0.05) is 76.1 Å². The van der Waals surface area contributed by atoms with Crippen LogP contribution in [0, 0.1) is 0 Å². The number of carbonyl (C=O) groups is 8. The number of esters is 6. The Morgan fingerprint density at radius 1 is 0.563 bits per heavy atom. The molecule has 0 aromatic heterocycles. The molecule has 398 valence electrons. The third kappa shape index (κ3) is 15.9. The maximum absolute atomic E-state index is 13.4. The first-order valence-electron chi connectivity index (χ1n) is 21.9. The molecule has 4 unspecified atom stereocenters. The van der Waals surface area contributed by atoms with Gasteiger partial charge < -0.3 is 67.7 Å². The van der Waals surface area contributed by atoms with Gasteiger partial charge in [-0.25, -0.2) is 9.59 Å². The highest BCUT2D eigenvalue weighted by atomic mass is 79.9. The van der Waals surface area contributed by atoms with Crippen molar-refractivity contribution in [2.24, 2.45) is 0 Å². The molecule has 3 saturated heterocycles. The highest BCUT2D eigenvalue weighted by molar-refractivity contribution is 9.09. The molecule has 0 bridgehead atoms. The van der Waals surface area contributed by atoms with Crippen molar-refractivity contribution in [1.82, 2.24) is 31.9 Å². The molecule has 30 heteroatoms. The SMILES string of the molecule is CC(=O)O[C@@H]1[C@H](OC(C)=O)[C@H](C)O[C@@H](N2C=C(CSC(=O)OC(CBr)C3OC(C)(C)OC3C(CBr)OC(=O)SCC3=CN([C@@H]4O[C@@H](C)[C@@H](OC(C)=O)[C@@H](OC(C)=O)[C@@H]4OC(C)=O)NN3)NN2)[C@H]1OC(C)=O. The van der Waals surface area contributed by atoms with E-state index in [2.05, 4.69) is 53.8 Å². The number of hydrogen-bond acceptors (Lipinski definition) is 28. The summed E-state index contributed by atoms with van der Waals surface area (Å²) in [6.07, 6.45) is -11.6. The average molecular weight is 1180 g/mol. The number of alkyl halides is 2. The van der Waals surface area contributed by atoms with Gasteiger partial charge in [0.25, 0.3) is 0 Å². The zero-order chi connectivity index (χ0) is 52.5. The third-order valence-electron chi connectivity index (χ3n) is 10.5. The van der Waals surface area contributed by atoms with Gasteiger partial charge >= 0.3 is 46.4 Å². The average Bonchev–Trinajstić information content (AvgIpc) is 4.03. The number of thioether (sulfide) groups is 2. The highest BCUT2D eigenvalue weighted by Crippen LogP contribution is 2.37. The van der Waals surface area contributed by atoms with Gasteiger partial charge in [-0.15, -0.1) is 11.1 Å². The number of nitrogens with one attached hydrogen (secondary N) is 4. The Bertz CT molecular complexity index is 1920. The zero-order valence-electron chi connectivity index (χ0n) is 40.2. The normalized spacial score (nSPS) is 30.8. The van der Waals surface area contributed by atoms with Crippen molar-refractivity contribution in [3.05, 3.63) is 23.8 Å². The summed E-state index contributed by atoms with van der Waals surface area (Å²) in [6.45, 7) is 13.6. The van der Waals surface area contributed by atoms with Crippen molar-refractivity contribution in [1.29, 1.82) is 0 Å². The van der Waals surface area contributed by atoms with Gasteiger partial charge in [-0.1, -0.05) is 31.9 Å². The van der Waals surface area contributed by atoms with Gasteiger partial charge in [-0.3, -0.25) is 38.8 Å². The number of nitrogens with zero attached hydrogens (tertiary/aromatic N) is 2. The Hall–Kier alpha value is -4.14. The Morgan fingerprint density at radius 3 is 1.18 bits per heavy atom. The van der Waals surface area contributed by atoms with Crippen LogP contribution in [-0.2, 0) is 85.6 Å². The van der Waals surface area contributed by atoms with Crippen molar-refractivity contribution in [3.8, 4) is 0 Å². The standard InChI is InChI=1S/C41H58Br2N6O20S2/c1-17-29(60-19(3)50)33(62-21(5)52)35(64-23(7)54)37(58-17)48-13-25(44-46-48)15-70-39(56)66-27(11-42)31-32(69-41(9,10)68-31)28(12-43)67-40(57)71-16-26-14-49(47-45-26)38-36(65-24(8)55)34(63-22(6)53)30(18(2)59-38)61-20(4)51/h13-14,17-18,27-38,44-47H,11-12,15-16H2,1-10H3/t17-,18-,27?,28?,29+,30+,31?,32?,33+,34+,35-,36-,37+,38+/m0/s1. The van der Waals surface area contributed by atoms with Crippen LogP contribution >= 0.6 is 55.4 Å². The van der Waals surface area contributed by atoms with Crippen LogP contribution in [-0.4, -0.2) is 170 Å². The molecule has 5 aliphatic heterocycles. The molecule has 26 nitrogen and oxygen atoms in total. The zero-order valence-corrected chi connectivity index (χ0v) is 45.0.